The zero-order valence-electron chi connectivity index (χ0n) is 11.9. The monoisotopic (exact) mass is 282 g/mol. The molecule has 0 radical (unpaired) electrons. The molecule has 0 aliphatic carbocycles. The number of benzene rings is 2. The first-order valence-electron chi connectivity index (χ1n) is 7.01. The molecule has 1 aliphatic rings. The van der Waals surface area contributed by atoms with E-state index in [2.05, 4.69) is 5.32 Å². The highest BCUT2D eigenvalue weighted by atomic mass is 16.5. The molecular formula is C17H18N2O2. The van der Waals surface area contributed by atoms with E-state index >= 15 is 0 Å². The highest BCUT2D eigenvalue weighted by Gasteiger charge is 2.20. The SMILES string of the molecule is Cc1ccc(NC(C(N)=O)c2ccc3c(c2)CCO3)cc1. The van der Waals surface area contributed by atoms with Crippen LogP contribution in [0.3, 0.4) is 0 Å². The molecule has 0 saturated heterocycles. The van der Waals surface area contributed by atoms with Crippen LogP contribution < -0.4 is 15.8 Å². The molecule has 3 rings (SSSR count). The van der Waals surface area contributed by atoms with E-state index in [4.69, 9.17) is 10.5 Å². The van der Waals surface area contributed by atoms with Gasteiger partial charge in [0.2, 0.25) is 5.91 Å². The van der Waals surface area contributed by atoms with Crippen molar-refractivity contribution in [2.75, 3.05) is 11.9 Å². The smallest absolute Gasteiger partial charge is 0.244 e. The van der Waals surface area contributed by atoms with E-state index in [1.807, 2.05) is 49.4 Å². The zero-order chi connectivity index (χ0) is 14.8. The van der Waals surface area contributed by atoms with Crippen molar-refractivity contribution < 1.29 is 9.53 Å². The number of hydrogen-bond acceptors (Lipinski definition) is 3. The normalized spacial score (nSPS) is 14.1. The fourth-order valence-corrected chi connectivity index (χ4v) is 2.52. The molecule has 2 aromatic carbocycles. The van der Waals surface area contributed by atoms with Crippen LogP contribution in [0.25, 0.3) is 0 Å². The lowest BCUT2D eigenvalue weighted by atomic mass is 10.0. The summed E-state index contributed by atoms with van der Waals surface area (Å²) in [4.78, 5) is 11.8. The lowest BCUT2D eigenvalue weighted by molar-refractivity contribution is -0.118. The quantitative estimate of drug-likeness (QED) is 0.906. The molecular weight excluding hydrogens is 264 g/mol. The number of primary amides is 1. The molecule has 1 heterocycles. The summed E-state index contributed by atoms with van der Waals surface area (Å²) in [5.74, 6) is 0.506. The van der Waals surface area contributed by atoms with Crippen molar-refractivity contribution in [1.29, 1.82) is 0 Å². The molecule has 4 heteroatoms. The number of nitrogens with two attached hydrogens (primary N) is 1. The third-order valence-corrected chi connectivity index (χ3v) is 3.69. The number of nitrogens with one attached hydrogen (secondary N) is 1. The third kappa shape index (κ3) is 2.84. The average Bonchev–Trinajstić information content (AvgIpc) is 2.93. The Morgan fingerprint density at radius 1 is 1.24 bits per heavy atom. The van der Waals surface area contributed by atoms with E-state index < -0.39 is 11.9 Å². The number of carbonyl (C=O) groups excluding carboxylic acids is 1. The highest BCUT2D eigenvalue weighted by Crippen LogP contribution is 2.29. The van der Waals surface area contributed by atoms with Crippen LogP contribution in [-0.2, 0) is 11.2 Å². The first-order chi connectivity index (χ1) is 10.1. The second kappa shape index (κ2) is 5.48. The Morgan fingerprint density at radius 3 is 2.71 bits per heavy atom. The van der Waals surface area contributed by atoms with Gasteiger partial charge in [-0.2, -0.15) is 0 Å². The maximum absolute atomic E-state index is 11.8. The van der Waals surface area contributed by atoms with E-state index in [0.717, 1.165) is 29.0 Å². The maximum atomic E-state index is 11.8. The topological polar surface area (TPSA) is 64.3 Å². The molecule has 21 heavy (non-hydrogen) atoms. The minimum Gasteiger partial charge on any atom is -0.493 e. The lowest BCUT2D eigenvalue weighted by Crippen LogP contribution is -2.27. The second-order valence-electron chi connectivity index (χ2n) is 5.31. The molecule has 1 atom stereocenters. The van der Waals surface area contributed by atoms with Gasteiger partial charge < -0.3 is 15.8 Å². The van der Waals surface area contributed by atoms with Crippen LogP contribution in [0.5, 0.6) is 5.75 Å². The molecule has 1 amide bonds. The Balaban J connectivity index is 1.87. The molecule has 1 unspecified atom stereocenters. The van der Waals surface area contributed by atoms with Crippen molar-refractivity contribution in [3.63, 3.8) is 0 Å². The Morgan fingerprint density at radius 2 is 2.00 bits per heavy atom. The van der Waals surface area contributed by atoms with Crippen LogP contribution in [0.1, 0.15) is 22.7 Å². The van der Waals surface area contributed by atoms with E-state index in [0.29, 0.717) is 6.61 Å². The summed E-state index contributed by atoms with van der Waals surface area (Å²) in [5.41, 5.74) is 9.60. The number of anilines is 1. The number of fused-ring (bicyclic) bond motifs is 1. The van der Waals surface area contributed by atoms with Gasteiger partial charge in [-0.15, -0.1) is 0 Å². The van der Waals surface area contributed by atoms with Crippen molar-refractivity contribution in [1.82, 2.24) is 0 Å². The van der Waals surface area contributed by atoms with Crippen molar-refractivity contribution in [2.24, 2.45) is 5.73 Å². The van der Waals surface area contributed by atoms with Gasteiger partial charge in [-0.25, -0.2) is 0 Å². The van der Waals surface area contributed by atoms with E-state index in [9.17, 15) is 4.79 Å². The number of carbonyl (C=O) groups is 1. The minimum atomic E-state index is -0.543. The van der Waals surface area contributed by atoms with Crippen LogP contribution >= 0.6 is 0 Å². The predicted molar refractivity (Wildman–Crippen MR) is 82.4 cm³/mol. The number of rotatable bonds is 4. The van der Waals surface area contributed by atoms with E-state index in [1.165, 1.54) is 5.56 Å². The van der Waals surface area contributed by atoms with Crippen molar-refractivity contribution in [3.8, 4) is 5.75 Å². The van der Waals surface area contributed by atoms with Gasteiger partial charge in [-0.3, -0.25) is 4.79 Å². The van der Waals surface area contributed by atoms with Crippen LogP contribution in [0.2, 0.25) is 0 Å². The van der Waals surface area contributed by atoms with Gasteiger partial charge in [0.1, 0.15) is 11.8 Å². The maximum Gasteiger partial charge on any atom is 0.244 e. The molecule has 0 fully saturated rings. The van der Waals surface area contributed by atoms with E-state index in [1.54, 1.807) is 0 Å². The summed E-state index contributed by atoms with van der Waals surface area (Å²) in [7, 11) is 0. The van der Waals surface area contributed by atoms with Crippen molar-refractivity contribution >= 4 is 11.6 Å². The largest absolute Gasteiger partial charge is 0.493 e. The Kier molecular flexibility index (Phi) is 3.52. The summed E-state index contributed by atoms with van der Waals surface area (Å²) in [6.07, 6.45) is 0.874. The molecule has 0 bridgehead atoms. The van der Waals surface area contributed by atoms with Gasteiger partial charge in [0.15, 0.2) is 0 Å². The summed E-state index contributed by atoms with van der Waals surface area (Å²) in [6, 6.07) is 13.1. The van der Waals surface area contributed by atoms with Crippen LogP contribution in [0, 0.1) is 6.92 Å². The first kappa shape index (κ1) is 13.5. The van der Waals surface area contributed by atoms with Crippen LogP contribution in [0.15, 0.2) is 42.5 Å². The van der Waals surface area contributed by atoms with Gasteiger partial charge >= 0.3 is 0 Å². The number of amides is 1. The fourth-order valence-electron chi connectivity index (χ4n) is 2.52. The predicted octanol–water partition coefficient (Wildman–Crippen LogP) is 2.57. The lowest BCUT2D eigenvalue weighted by Gasteiger charge is -2.18. The molecule has 0 aromatic heterocycles. The van der Waals surface area contributed by atoms with Gasteiger partial charge in [-0.1, -0.05) is 23.8 Å². The van der Waals surface area contributed by atoms with Crippen LogP contribution in [-0.4, -0.2) is 12.5 Å². The minimum absolute atomic E-state index is 0.394. The number of ether oxygens (including phenoxy) is 1. The number of aryl methyl sites for hydroxylation is 1. The van der Waals surface area contributed by atoms with Gasteiger partial charge in [-0.05, 0) is 42.3 Å². The molecule has 2 aromatic rings. The third-order valence-electron chi connectivity index (χ3n) is 3.69. The Hall–Kier alpha value is -2.49. The number of hydrogen-bond donors (Lipinski definition) is 2. The molecule has 4 nitrogen and oxygen atoms in total. The van der Waals surface area contributed by atoms with Crippen LogP contribution in [0.4, 0.5) is 5.69 Å². The highest BCUT2D eigenvalue weighted by molar-refractivity contribution is 5.84. The molecule has 1 aliphatic heterocycles. The molecule has 0 saturated carbocycles. The van der Waals surface area contributed by atoms with E-state index in [-0.39, 0.29) is 0 Å². The Labute approximate surface area is 123 Å². The zero-order valence-corrected chi connectivity index (χ0v) is 11.9. The summed E-state index contributed by atoms with van der Waals surface area (Å²) in [6.45, 7) is 2.72. The van der Waals surface area contributed by atoms with Gasteiger partial charge in [0, 0.05) is 12.1 Å². The second-order valence-corrected chi connectivity index (χ2v) is 5.31. The average molecular weight is 282 g/mol. The standard InChI is InChI=1S/C17H18N2O2/c1-11-2-5-14(6-3-11)19-16(17(18)20)13-4-7-15-12(10-13)8-9-21-15/h2-7,10,16,19H,8-9H2,1H3,(H2,18,20). The molecule has 3 N–H and O–H groups in total. The summed E-state index contributed by atoms with van der Waals surface area (Å²) in [5, 5.41) is 3.20. The van der Waals surface area contributed by atoms with Gasteiger partial charge in [0.25, 0.3) is 0 Å². The molecule has 0 spiro atoms. The summed E-state index contributed by atoms with van der Waals surface area (Å²) < 4.78 is 5.49. The Bertz CT molecular complexity index is 665. The molecule has 108 valence electrons. The van der Waals surface area contributed by atoms with Crippen molar-refractivity contribution in [3.05, 3.63) is 59.2 Å². The van der Waals surface area contributed by atoms with Crippen molar-refractivity contribution in [2.45, 2.75) is 19.4 Å². The summed E-state index contributed by atoms with van der Waals surface area (Å²) >= 11 is 0. The fraction of sp³-hybridized carbons (Fsp3) is 0.235. The van der Waals surface area contributed by atoms with Gasteiger partial charge in [0.05, 0.1) is 6.61 Å². The first-order valence-corrected chi connectivity index (χ1v) is 7.01.